The third kappa shape index (κ3) is 3.73. The van der Waals surface area contributed by atoms with E-state index in [-0.39, 0.29) is 6.54 Å². The van der Waals surface area contributed by atoms with Gasteiger partial charge in [0.05, 0.1) is 6.54 Å². The number of aliphatic carboxylic acids is 1. The van der Waals surface area contributed by atoms with Gasteiger partial charge < -0.3 is 9.67 Å². The van der Waals surface area contributed by atoms with Crippen molar-refractivity contribution in [2.75, 3.05) is 13.6 Å². The van der Waals surface area contributed by atoms with E-state index in [2.05, 4.69) is 4.98 Å². The molecule has 8 heteroatoms. The Hall–Kier alpha value is -1.57. The van der Waals surface area contributed by atoms with Gasteiger partial charge in [0.2, 0.25) is 0 Å². The molecule has 0 aliphatic heterocycles. The first-order chi connectivity index (χ1) is 8.21. The second kappa shape index (κ2) is 5.38. The Morgan fingerprint density at radius 2 is 2.22 bits per heavy atom. The van der Waals surface area contributed by atoms with Gasteiger partial charge in [-0.25, -0.2) is 4.98 Å². The van der Waals surface area contributed by atoms with Crippen molar-refractivity contribution in [2.45, 2.75) is 12.7 Å². The Kier molecular flexibility index (Phi) is 4.33. The van der Waals surface area contributed by atoms with Crippen LogP contribution in [0.2, 0.25) is 0 Å². The fourth-order valence-corrected chi connectivity index (χ4v) is 1.49. The van der Waals surface area contributed by atoms with E-state index >= 15 is 0 Å². The van der Waals surface area contributed by atoms with E-state index in [0.717, 1.165) is 0 Å². The van der Waals surface area contributed by atoms with Crippen LogP contribution in [0.4, 0.5) is 13.2 Å². The van der Waals surface area contributed by atoms with Crippen molar-refractivity contribution in [3.05, 3.63) is 18.2 Å². The predicted molar refractivity (Wildman–Crippen MR) is 56.7 cm³/mol. The summed E-state index contributed by atoms with van der Waals surface area (Å²) in [5.74, 6) is -3.68. The molecule has 0 radical (unpaired) electrons. The van der Waals surface area contributed by atoms with Crippen molar-refractivity contribution in [3.8, 4) is 0 Å². The molecule has 1 heterocycles. The van der Waals surface area contributed by atoms with Gasteiger partial charge in [-0.1, -0.05) is 0 Å². The molecule has 0 aromatic carbocycles. The topological polar surface area (TPSA) is 58.4 Å². The maximum atomic E-state index is 12.5. The average molecular weight is 265 g/mol. The lowest BCUT2D eigenvalue weighted by Crippen LogP contribution is -2.39. The highest BCUT2D eigenvalue weighted by molar-refractivity contribution is 5.71. The third-order valence-corrected chi connectivity index (χ3v) is 2.52. The number of hydrogen-bond donors (Lipinski definition) is 1. The zero-order valence-corrected chi connectivity index (χ0v) is 9.98. The van der Waals surface area contributed by atoms with Crippen molar-refractivity contribution >= 4 is 5.97 Å². The summed E-state index contributed by atoms with van der Waals surface area (Å²) in [6.45, 7) is -0.449. The summed E-state index contributed by atoms with van der Waals surface area (Å²) in [5.41, 5.74) is 0. The Balaban J connectivity index is 2.65. The van der Waals surface area contributed by atoms with Gasteiger partial charge in [0.25, 0.3) is 0 Å². The molecule has 1 unspecified atom stereocenters. The van der Waals surface area contributed by atoms with Gasteiger partial charge in [0.15, 0.2) is 5.92 Å². The van der Waals surface area contributed by atoms with Crippen LogP contribution in [0.15, 0.2) is 12.4 Å². The van der Waals surface area contributed by atoms with Gasteiger partial charge in [-0.2, -0.15) is 13.2 Å². The zero-order chi connectivity index (χ0) is 13.9. The standard InChI is InChI=1S/C10H14F3N3O2/c1-15(6-8-14-3-4-16(8)2)5-7(9(17)18)10(11,12)13/h3-4,7H,5-6H2,1-2H3,(H,17,18). The number of hydrogen-bond acceptors (Lipinski definition) is 3. The van der Waals surface area contributed by atoms with Gasteiger partial charge in [0.1, 0.15) is 5.82 Å². The molecule has 1 aromatic rings. The zero-order valence-electron chi connectivity index (χ0n) is 9.98. The number of alkyl halides is 3. The van der Waals surface area contributed by atoms with Crippen molar-refractivity contribution in [1.82, 2.24) is 14.5 Å². The van der Waals surface area contributed by atoms with E-state index in [9.17, 15) is 18.0 Å². The molecule has 18 heavy (non-hydrogen) atoms. The van der Waals surface area contributed by atoms with Gasteiger partial charge in [-0.15, -0.1) is 0 Å². The first-order valence-electron chi connectivity index (χ1n) is 5.16. The van der Waals surface area contributed by atoms with E-state index in [1.165, 1.54) is 18.1 Å². The maximum absolute atomic E-state index is 12.5. The fourth-order valence-electron chi connectivity index (χ4n) is 1.49. The monoisotopic (exact) mass is 265 g/mol. The number of nitrogens with zero attached hydrogens (tertiary/aromatic N) is 3. The molecular formula is C10H14F3N3O2. The Morgan fingerprint density at radius 1 is 1.61 bits per heavy atom. The van der Waals surface area contributed by atoms with Crippen LogP contribution in [-0.2, 0) is 18.4 Å². The molecule has 0 spiro atoms. The minimum Gasteiger partial charge on any atom is -0.481 e. The summed E-state index contributed by atoms with van der Waals surface area (Å²) in [4.78, 5) is 15.8. The fraction of sp³-hybridized carbons (Fsp3) is 0.600. The molecule has 1 N–H and O–H groups in total. The largest absolute Gasteiger partial charge is 0.481 e. The van der Waals surface area contributed by atoms with Crippen molar-refractivity contribution < 1.29 is 23.1 Å². The minimum atomic E-state index is -4.75. The lowest BCUT2D eigenvalue weighted by Gasteiger charge is -2.22. The smallest absolute Gasteiger partial charge is 0.403 e. The molecule has 0 aliphatic carbocycles. The second-order valence-corrected chi connectivity index (χ2v) is 4.08. The van der Waals surface area contributed by atoms with Crippen LogP contribution in [0.25, 0.3) is 0 Å². The number of rotatable bonds is 5. The van der Waals surface area contributed by atoms with Crippen molar-refractivity contribution in [3.63, 3.8) is 0 Å². The number of carboxylic acids is 1. The number of halogens is 3. The SMILES string of the molecule is CN(Cc1nccn1C)CC(C(=O)O)C(F)(F)F. The lowest BCUT2D eigenvalue weighted by molar-refractivity contribution is -0.196. The summed E-state index contributed by atoms with van der Waals surface area (Å²) in [6.07, 6.45) is -1.55. The highest BCUT2D eigenvalue weighted by atomic mass is 19.4. The molecule has 1 atom stereocenters. The third-order valence-electron chi connectivity index (χ3n) is 2.52. The number of aryl methyl sites for hydroxylation is 1. The molecule has 102 valence electrons. The Labute approximate surface area is 102 Å². The molecular weight excluding hydrogens is 251 g/mol. The number of carbonyl (C=O) groups is 1. The van der Waals surface area contributed by atoms with E-state index in [1.54, 1.807) is 17.8 Å². The summed E-state index contributed by atoms with van der Waals surface area (Å²) < 4.78 is 39.0. The Morgan fingerprint density at radius 3 is 2.61 bits per heavy atom. The second-order valence-electron chi connectivity index (χ2n) is 4.08. The molecule has 0 amide bonds. The molecule has 1 aromatic heterocycles. The average Bonchev–Trinajstić information content (AvgIpc) is 2.59. The first-order valence-corrected chi connectivity index (χ1v) is 5.16. The minimum absolute atomic E-state index is 0.156. The van der Waals surface area contributed by atoms with Gasteiger partial charge in [-0.3, -0.25) is 9.69 Å². The molecule has 0 saturated heterocycles. The normalized spacial score (nSPS) is 13.9. The molecule has 0 saturated carbocycles. The van der Waals surface area contributed by atoms with Gasteiger partial charge in [-0.05, 0) is 7.05 Å². The van der Waals surface area contributed by atoms with E-state index < -0.39 is 24.6 Å². The van der Waals surface area contributed by atoms with E-state index in [1.807, 2.05) is 0 Å². The maximum Gasteiger partial charge on any atom is 0.403 e. The highest BCUT2D eigenvalue weighted by Gasteiger charge is 2.45. The summed E-state index contributed by atoms with van der Waals surface area (Å²) in [5, 5.41) is 8.57. The molecule has 0 bridgehead atoms. The molecule has 5 nitrogen and oxygen atoms in total. The Bertz CT molecular complexity index is 417. The van der Waals surface area contributed by atoms with Crippen LogP contribution in [0, 0.1) is 5.92 Å². The van der Waals surface area contributed by atoms with E-state index in [0.29, 0.717) is 5.82 Å². The van der Waals surface area contributed by atoms with Crippen LogP contribution in [-0.4, -0.2) is 45.3 Å². The molecule has 0 fully saturated rings. The molecule has 0 aliphatic rings. The summed E-state index contributed by atoms with van der Waals surface area (Å²) >= 11 is 0. The van der Waals surface area contributed by atoms with Crippen LogP contribution >= 0.6 is 0 Å². The number of carboxylic acid groups (broad SMARTS) is 1. The van der Waals surface area contributed by atoms with Crippen LogP contribution < -0.4 is 0 Å². The lowest BCUT2D eigenvalue weighted by atomic mass is 10.1. The quantitative estimate of drug-likeness (QED) is 0.866. The number of aromatic nitrogens is 2. The predicted octanol–water partition coefficient (Wildman–Crippen LogP) is 1.11. The highest BCUT2D eigenvalue weighted by Crippen LogP contribution is 2.27. The van der Waals surface area contributed by atoms with Crippen molar-refractivity contribution in [2.24, 2.45) is 13.0 Å². The van der Waals surface area contributed by atoms with Crippen molar-refractivity contribution in [1.29, 1.82) is 0 Å². The van der Waals surface area contributed by atoms with E-state index in [4.69, 9.17) is 5.11 Å². The summed E-state index contributed by atoms with van der Waals surface area (Å²) in [7, 11) is 3.14. The summed E-state index contributed by atoms with van der Waals surface area (Å²) in [6, 6.07) is 0. The number of imidazole rings is 1. The van der Waals surface area contributed by atoms with Crippen LogP contribution in [0.1, 0.15) is 5.82 Å². The molecule has 1 rings (SSSR count). The van der Waals surface area contributed by atoms with Gasteiger partial charge >= 0.3 is 12.1 Å². The van der Waals surface area contributed by atoms with Crippen LogP contribution in [0.3, 0.4) is 0 Å². The first kappa shape index (κ1) is 14.5. The van der Waals surface area contributed by atoms with Crippen LogP contribution in [0.5, 0.6) is 0 Å². The van der Waals surface area contributed by atoms with Gasteiger partial charge in [0, 0.05) is 26.0 Å².